The van der Waals surface area contributed by atoms with Crippen LogP contribution in [0, 0.1) is 0 Å². The fourth-order valence-corrected chi connectivity index (χ4v) is 2.27. The Bertz CT molecular complexity index is 513. The van der Waals surface area contributed by atoms with Crippen molar-refractivity contribution in [2.45, 2.75) is 32.2 Å². The molecule has 0 radical (unpaired) electrons. The average Bonchev–Trinajstić information content (AvgIpc) is 2.46. The predicted octanol–water partition coefficient (Wildman–Crippen LogP) is 2.78. The zero-order valence-corrected chi connectivity index (χ0v) is 12.0. The fourth-order valence-electron chi connectivity index (χ4n) is 2.09. The molecule has 5 heteroatoms. The van der Waals surface area contributed by atoms with Gasteiger partial charge < -0.3 is 14.6 Å². The van der Waals surface area contributed by atoms with Crippen LogP contribution in [-0.2, 0) is 20.9 Å². The molecule has 2 rings (SSSR count). The normalized spacial score (nSPS) is 21.8. The monoisotopic (exact) mass is 296 g/mol. The number of aliphatic hydroxyl groups is 1. The lowest BCUT2D eigenvalue weighted by atomic mass is 10.0. The highest BCUT2D eigenvalue weighted by Crippen LogP contribution is 2.30. The maximum Gasteiger partial charge on any atom is 0.302 e. The van der Waals surface area contributed by atoms with Gasteiger partial charge in [-0.3, -0.25) is 4.79 Å². The first-order chi connectivity index (χ1) is 9.60. The summed E-state index contributed by atoms with van der Waals surface area (Å²) < 4.78 is 10.8. The molecular formula is C15H17ClO4. The van der Waals surface area contributed by atoms with E-state index in [0.29, 0.717) is 10.6 Å². The number of esters is 1. The molecule has 0 bridgehead atoms. The Hall–Kier alpha value is -1.36. The molecule has 4 nitrogen and oxygen atoms in total. The molecule has 0 saturated carbocycles. The largest absolute Gasteiger partial charge is 0.463 e. The SMILES string of the molecule is CC(=O)OCC1C=CC[C@@H](c2ccc(Cl)c(CO)c2)O1. The maximum atomic E-state index is 10.8. The van der Waals surface area contributed by atoms with E-state index >= 15 is 0 Å². The molecule has 20 heavy (non-hydrogen) atoms. The van der Waals surface area contributed by atoms with Crippen molar-refractivity contribution in [1.29, 1.82) is 0 Å². The highest BCUT2D eigenvalue weighted by atomic mass is 35.5. The zero-order chi connectivity index (χ0) is 14.5. The van der Waals surface area contributed by atoms with E-state index in [1.54, 1.807) is 6.07 Å². The number of carbonyl (C=O) groups excluding carboxylic acids is 1. The molecule has 1 aromatic rings. The number of aliphatic hydroxyl groups excluding tert-OH is 1. The van der Waals surface area contributed by atoms with E-state index in [4.69, 9.17) is 21.1 Å². The van der Waals surface area contributed by atoms with Crippen molar-refractivity contribution < 1.29 is 19.4 Å². The summed E-state index contributed by atoms with van der Waals surface area (Å²) in [5.74, 6) is -0.321. The Morgan fingerprint density at radius 3 is 3.05 bits per heavy atom. The van der Waals surface area contributed by atoms with Crippen LogP contribution in [0.2, 0.25) is 5.02 Å². The maximum absolute atomic E-state index is 10.8. The van der Waals surface area contributed by atoms with Gasteiger partial charge in [-0.25, -0.2) is 0 Å². The lowest BCUT2D eigenvalue weighted by Gasteiger charge is -2.26. The number of carbonyl (C=O) groups is 1. The van der Waals surface area contributed by atoms with Crippen LogP contribution in [0.3, 0.4) is 0 Å². The molecule has 1 N–H and O–H groups in total. The van der Waals surface area contributed by atoms with Gasteiger partial charge in [0.2, 0.25) is 0 Å². The van der Waals surface area contributed by atoms with Crippen LogP contribution >= 0.6 is 11.6 Å². The number of hydrogen-bond acceptors (Lipinski definition) is 4. The van der Waals surface area contributed by atoms with Gasteiger partial charge in [-0.15, -0.1) is 0 Å². The van der Waals surface area contributed by atoms with Crippen molar-refractivity contribution in [1.82, 2.24) is 0 Å². The van der Waals surface area contributed by atoms with E-state index in [2.05, 4.69) is 0 Å². The smallest absolute Gasteiger partial charge is 0.302 e. The van der Waals surface area contributed by atoms with Gasteiger partial charge in [0.25, 0.3) is 0 Å². The van der Waals surface area contributed by atoms with Crippen LogP contribution in [0.5, 0.6) is 0 Å². The van der Waals surface area contributed by atoms with Gasteiger partial charge in [-0.1, -0.05) is 29.8 Å². The molecule has 1 heterocycles. The summed E-state index contributed by atoms with van der Waals surface area (Å²) in [5, 5.41) is 9.78. The van der Waals surface area contributed by atoms with Crippen LogP contribution in [0.4, 0.5) is 0 Å². The Balaban J connectivity index is 2.06. The molecule has 0 fully saturated rings. The Morgan fingerprint density at radius 1 is 1.55 bits per heavy atom. The Morgan fingerprint density at radius 2 is 2.35 bits per heavy atom. The van der Waals surface area contributed by atoms with Gasteiger partial charge in [-0.05, 0) is 29.7 Å². The quantitative estimate of drug-likeness (QED) is 0.686. The van der Waals surface area contributed by atoms with Crippen LogP contribution in [-0.4, -0.2) is 23.8 Å². The van der Waals surface area contributed by atoms with Crippen LogP contribution in [0.15, 0.2) is 30.4 Å². The molecule has 1 aromatic carbocycles. The molecule has 0 saturated heterocycles. The molecule has 1 unspecified atom stereocenters. The molecular weight excluding hydrogens is 280 g/mol. The van der Waals surface area contributed by atoms with Gasteiger partial charge in [-0.2, -0.15) is 0 Å². The van der Waals surface area contributed by atoms with E-state index in [9.17, 15) is 9.90 Å². The third-order valence-electron chi connectivity index (χ3n) is 3.10. The molecule has 1 aliphatic heterocycles. The predicted molar refractivity (Wildman–Crippen MR) is 75.4 cm³/mol. The third-order valence-corrected chi connectivity index (χ3v) is 3.47. The molecule has 108 valence electrons. The summed E-state index contributed by atoms with van der Waals surface area (Å²) in [5.41, 5.74) is 1.63. The summed E-state index contributed by atoms with van der Waals surface area (Å²) in [4.78, 5) is 10.8. The minimum atomic E-state index is -0.321. The van der Waals surface area contributed by atoms with Crippen LogP contribution in [0.1, 0.15) is 30.6 Å². The van der Waals surface area contributed by atoms with Gasteiger partial charge in [0.05, 0.1) is 12.7 Å². The highest BCUT2D eigenvalue weighted by molar-refractivity contribution is 6.31. The van der Waals surface area contributed by atoms with Crippen LogP contribution < -0.4 is 0 Å². The standard InChI is InChI=1S/C15H17ClO4/c1-10(18)19-9-13-3-2-4-15(20-13)11-5-6-14(16)12(7-11)8-17/h2-3,5-7,13,15,17H,4,8-9H2,1H3/t13?,15-/m0/s1. The molecule has 0 amide bonds. The summed E-state index contributed by atoms with van der Waals surface area (Å²) in [6.45, 7) is 1.48. The average molecular weight is 297 g/mol. The second-order valence-corrected chi connectivity index (χ2v) is 5.05. The lowest BCUT2D eigenvalue weighted by Crippen LogP contribution is -2.24. The van der Waals surface area contributed by atoms with Gasteiger partial charge in [0.15, 0.2) is 0 Å². The molecule has 0 aromatic heterocycles. The van der Waals surface area contributed by atoms with Crippen molar-refractivity contribution in [3.8, 4) is 0 Å². The number of benzene rings is 1. The zero-order valence-electron chi connectivity index (χ0n) is 11.2. The first-order valence-corrected chi connectivity index (χ1v) is 6.82. The van der Waals surface area contributed by atoms with Gasteiger partial charge >= 0.3 is 5.97 Å². The van der Waals surface area contributed by atoms with Gasteiger partial charge in [0, 0.05) is 11.9 Å². The van der Waals surface area contributed by atoms with Crippen molar-refractivity contribution >= 4 is 17.6 Å². The summed E-state index contributed by atoms with van der Waals surface area (Å²) in [7, 11) is 0. The number of hydrogen-bond donors (Lipinski definition) is 1. The summed E-state index contributed by atoms with van der Waals surface area (Å²) in [6, 6.07) is 5.48. The van der Waals surface area contributed by atoms with E-state index < -0.39 is 0 Å². The van der Waals surface area contributed by atoms with E-state index in [-0.39, 0.29) is 31.4 Å². The lowest BCUT2D eigenvalue weighted by molar-refractivity contribution is -0.145. The Kier molecular flexibility index (Phi) is 5.17. The molecule has 2 atom stereocenters. The second-order valence-electron chi connectivity index (χ2n) is 4.64. The topological polar surface area (TPSA) is 55.8 Å². The summed E-state index contributed by atoms with van der Waals surface area (Å²) in [6.07, 6.45) is 4.27. The minimum Gasteiger partial charge on any atom is -0.463 e. The third kappa shape index (κ3) is 3.82. The first kappa shape index (κ1) is 15.0. The number of rotatable bonds is 4. The minimum absolute atomic E-state index is 0.105. The van der Waals surface area contributed by atoms with Crippen molar-refractivity contribution in [2.75, 3.05) is 6.61 Å². The van der Waals surface area contributed by atoms with Crippen molar-refractivity contribution in [3.63, 3.8) is 0 Å². The highest BCUT2D eigenvalue weighted by Gasteiger charge is 2.21. The molecule has 0 spiro atoms. The second kappa shape index (κ2) is 6.88. The van der Waals surface area contributed by atoms with Crippen molar-refractivity contribution in [3.05, 3.63) is 46.5 Å². The Labute approximate surface area is 123 Å². The van der Waals surface area contributed by atoms with E-state index in [0.717, 1.165) is 12.0 Å². The van der Waals surface area contributed by atoms with Gasteiger partial charge in [0.1, 0.15) is 12.7 Å². The first-order valence-electron chi connectivity index (χ1n) is 6.45. The number of ether oxygens (including phenoxy) is 2. The number of halogens is 1. The van der Waals surface area contributed by atoms with E-state index in [1.165, 1.54) is 6.92 Å². The fraction of sp³-hybridized carbons (Fsp3) is 0.400. The van der Waals surface area contributed by atoms with E-state index in [1.807, 2.05) is 24.3 Å². The summed E-state index contributed by atoms with van der Waals surface area (Å²) >= 11 is 5.98. The van der Waals surface area contributed by atoms with Crippen LogP contribution in [0.25, 0.3) is 0 Å². The molecule has 1 aliphatic rings. The van der Waals surface area contributed by atoms with Crippen molar-refractivity contribution in [2.24, 2.45) is 0 Å². The molecule has 0 aliphatic carbocycles.